The van der Waals surface area contributed by atoms with E-state index in [1.807, 2.05) is 0 Å². The van der Waals surface area contributed by atoms with Crippen molar-refractivity contribution >= 4 is 23.2 Å². The van der Waals surface area contributed by atoms with E-state index >= 15 is 0 Å². The van der Waals surface area contributed by atoms with Crippen molar-refractivity contribution in [3.05, 3.63) is 0 Å². The molecule has 0 radical (unpaired) electrons. The van der Waals surface area contributed by atoms with Crippen LogP contribution in [0.25, 0.3) is 0 Å². The van der Waals surface area contributed by atoms with E-state index in [2.05, 4.69) is 21.1 Å². The Hall–Kier alpha value is -0.770. The molecule has 0 aliphatic rings. The number of carbonyl (C=O) groups is 2. The molecule has 0 spiro atoms. The van der Waals surface area contributed by atoms with Gasteiger partial charge < -0.3 is 9.47 Å². The average molecular weight is 139 g/mol. The van der Waals surface area contributed by atoms with Crippen LogP contribution in [0.1, 0.15) is 0 Å². The van der Waals surface area contributed by atoms with Gasteiger partial charge in [0.05, 0.1) is 7.11 Å². The summed E-state index contributed by atoms with van der Waals surface area (Å²) in [6, 6.07) is 0. The van der Waals surface area contributed by atoms with Crippen LogP contribution in [0.4, 0.5) is 9.59 Å². The van der Waals surface area contributed by atoms with Crippen LogP contribution in [0, 0.1) is 0 Å². The molecule has 0 atom stereocenters. The molecular weight excluding hydrogens is 135 g/mol. The Labute approximate surface area is 50.3 Å². The first kappa shape index (κ1) is 7.23. The maximum Gasteiger partial charge on any atom is 0.516 e. The third-order valence-corrected chi connectivity index (χ3v) is 0.407. The van der Waals surface area contributed by atoms with E-state index in [0.29, 0.717) is 0 Å². The van der Waals surface area contributed by atoms with Crippen LogP contribution in [0.2, 0.25) is 0 Å². The van der Waals surface area contributed by atoms with Gasteiger partial charge in [0.2, 0.25) is 0 Å². The van der Waals surface area contributed by atoms with E-state index in [9.17, 15) is 9.59 Å². The Bertz CT molecular complexity index is 110. The molecule has 0 saturated carbocycles. The van der Waals surface area contributed by atoms with Crippen molar-refractivity contribution < 1.29 is 19.1 Å². The molecule has 0 aromatic rings. The maximum atomic E-state index is 9.87. The average Bonchev–Trinajstić information content (AvgIpc) is 1.65. The number of methoxy groups -OCH3 is 1. The fourth-order valence-corrected chi connectivity index (χ4v) is 0.170. The summed E-state index contributed by atoms with van der Waals surface area (Å²) in [4.78, 5) is 19.5. The highest BCUT2D eigenvalue weighted by Gasteiger charge is 2.04. The molecule has 0 aliphatic heterocycles. The van der Waals surface area contributed by atoms with Gasteiger partial charge in [-0.25, -0.2) is 9.59 Å². The van der Waals surface area contributed by atoms with Crippen molar-refractivity contribution in [2.45, 2.75) is 0 Å². The third kappa shape index (κ3) is 3.42. The normalized spacial score (nSPS) is 7.75. The second-order valence-corrected chi connectivity index (χ2v) is 1.10. The van der Waals surface area contributed by atoms with Gasteiger partial charge in [0.1, 0.15) is 0 Å². The molecule has 0 heterocycles. The fraction of sp³-hybridized carbons (Fsp3) is 0.333. The SMILES string of the molecule is COC(=O)OC(=O)Cl. The van der Waals surface area contributed by atoms with Gasteiger partial charge in [-0.05, 0) is 0 Å². The summed E-state index contributed by atoms with van der Waals surface area (Å²) in [6.45, 7) is 0. The molecule has 0 unspecified atom stereocenters. The molecule has 0 N–H and O–H groups in total. The van der Waals surface area contributed by atoms with E-state index in [4.69, 9.17) is 0 Å². The molecule has 0 amide bonds. The van der Waals surface area contributed by atoms with Crippen molar-refractivity contribution in [1.82, 2.24) is 0 Å². The highest BCUT2D eigenvalue weighted by Crippen LogP contribution is 1.88. The second kappa shape index (κ2) is 3.26. The van der Waals surface area contributed by atoms with Crippen LogP contribution in [0.5, 0.6) is 0 Å². The van der Waals surface area contributed by atoms with Crippen molar-refractivity contribution in [2.75, 3.05) is 7.11 Å². The van der Waals surface area contributed by atoms with E-state index in [-0.39, 0.29) is 0 Å². The molecule has 0 rings (SSSR count). The van der Waals surface area contributed by atoms with Gasteiger partial charge in [-0.1, -0.05) is 0 Å². The molecule has 0 aliphatic carbocycles. The van der Waals surface area contributed by atoms with Crippen LogP contribution in [-0.2, 0) is 9.47 Å². The lowest BCUT2D eigenvalue weighted by molar-refractivity contribution is 0.102. The molecule has 0 aromatic heterocycles. The van der Waals surface area contributed by atoms with Gasteiger partial charge in [0.25, 0.3) is 0 Å². The van der Waals surface area contributed by atoms with Crippen LogP contribution in [0.15, 0.2) is 0 Å². The minimum absolute atomic E-state index is 1.07. The Kier molecular flexibility index (Phi) is 2.95. The summed E-state index contributed by atoms with van der Waals surface area (Å²) in [7, 11) is 1.07. The van der Waals surface area contributed by atoms with Gasteiger partial charge in [0, 0.05) is 11.6 Å². The topological polar surface area (TPSA) is 52.6 Å². The molecule has 0 aromatic carbocycles. The van der Waals surface area contributed by atoms with Gasteiger partial charge in [-0.2, -0.15) is 0 Å². The van der Waals surface area contributed by atoms with Crippen LogP contribution < -0.4 is 0 Å². The molecule has 0 saturated heterocycles. The molecular formula is C3H3ClO4. The minimum Gasteiger partial charge on any atom is -0.437 e. The summed E-state index contributed by atoms with van der Waals surface area (Å²) >= 11 is 4.59. The van der Waals surface area contributed by atoms with Gasteiger partial charge in [0.15, 0.2) is 0 Å². The van der Waals surface area contributed by atoms with E-state index in [1.54, 1.807) is 0 Å². The van der Waals surface area contributed by atoms with Crippen molar-refractivity contribution in [1.29, 1.82) is 0 Å². The zero-order valence-electron chi connectivity index (χ0n) is 4.01. The summed E-state index contributed by atoms with van der Waals surface area (Å²) < 4.78 is 7.56. The summed E-state index contributed by atoms with van der Waals surface area (Å²) in [5.41, 5.74) is -1.20. The Morgan fingerprint density at radius 3 is 2.12 bits per heavy atom. The molecule has 4 nitrogen and oxygen atoms in total. The smallest absolute Gasteiger partial charge is 0.437 e. The predicted molar refractivity (Wildman–Crippen MR) is 24.7 cm³/mol. The summed E-state index contributed by atoms with van der Waals surface area (Å²) in [5, 5.41) is 0. The predicted octanol–water partition coefficient (Wildman–Crippen LogP) is 1.13. The van der Waals surface area contributed by atoms with E-state index < -0.39 is 11.6 Å². The lowest BCUT2D eigenvalue weighted by atomic mass is 11.3. The van der Waals surface area contributed by atoms with Crippen molar-refractivity contribution in [2.24, 2.45) is 0 Å². The maximum absolute atomic E-state index is 9.87. The first-order chi connectivity index (χ1) is 3.66. The van der Waals surface area contributed by atoms with Crippen LogP contribution in [-0.4, -0.2) is 18.7 Å². The van der Waals surface area contributed by atoms with E-state index in [1.165, 1.54) is 0 Å². The lowest BCUT2D eigenvalue weighted by Crippen LogP contribution is -2.04. The largest absolute Gasteiger partial charge is 0.516 e. The highest BCUT2D eigenvalue weighted by atomic mass is 35.5. The first-order valence-corrected chi connectivity index (χ1v) is 2.00. The summed E-state index contributed by atoms with van der Waals surface area (Å²) in [6.07, 6.45) is -1.11. The number of ether oxygens (including phenoxy) is 2. The zero-order chi connectivity index (χ0) is 6.57. The Morgan fingerprint density at radius 2 is 2.00 bits per heavy atom. The summed E-state index contributed by atoms with van der Waals surface area (Å²) in [5.74, 6) is 0. The van der Waals surface area contributed by atoms with E-state index in [0.717, 1.165) is 7.11 Å². The quantitative estimate of drug-likeness (QED) is 0.286. The van der Waals surface area contributed by atoms with Gasteiger partial charge in [-0.15, -0.1) is 0 Å². The number of carbonyl (C=O) groups excluding carboxylic acids is 2. The zero-order valence-corrected chi connectivity index (χ0v) is 4.77. The fourth-order valence-electron chi connectivity index (χ4n) is 0.107. The third-order valence-electron chi connectivity index (χ3n) is 0.330. The minimum atomic E-state index is -1.20. The Morgan fingerprint density at radius 1 is 1.50 bits per heavy atom. The van der Waals surface area contributed by atoms with Gasteiger partial charge in [-0.3, -0.25) is 0 Å². The van der Waals surface area contributed by atoms with Crippen LogP contribution >= 0.6 is 11.6 Å². The molecule has 46 valence electrons. The Balaban J connectivity index is 3.40. The first-order valence-electron chi connectivity index (χ1n) is 1.62. The molecule has 0 fully saturated rings. The lowest BCUT2D eigenvalue weighted by Gasteiger charge is -1.91. The highest BCUT2D eigenvalue weighted by molar-refractivity contribution is 6.61. The van der Waals surface area contributed by atoms with Gasteiger partial charge >= 0.3 is 11.6 Å². The number of hydrogen-bond donors (Lipinski definition) is 0. The number of hydrogen-bond acceptors (Lipinski definition) is 4. The molecule has 8 heavy (non-hydrogen) atoms. The molecule has 0 bridgehead atoms. The van der Waals surface area contributed by atoms with Crippen molar-refractivity contribution in [3.8, 4) is 0 Å². The van der Waals surface area contributed by atoms with Crippen molar-refractivity contribution in [3.63, 3.8) is 0 Å². The standard InChI is InChI=1S/C3H3ClO4/c1-7-3(6)8-2(4)5/h1H3. The second-order valence-electron chi connectivity index (χ2n) is 0.794. The number of halogens is 1. The monoisotopic (exact) mass is 138 g/mol. The molecule has 5 heteroatoms. The van der Waals surface area contributed by atoms with Crippen LogP contribution in [0.3, 0.4) is 0 Å². The number of rotatable bonds is 0.